The van der Waals surface area contributed by atoms with E-state index in [0.29, 0.717) is 6.54 Å². The molecule has 80 valence electrons. The molecule has 15 heavy (non-hydrogen) atoms. The molecule has 1 aromatic rings. The van der Waals surface area contributed by atoms with Gasteiger partial charge in [0.15, 0.2) is 0 Å². The van der Waals surface area contributed by atoms with Crippen molar-refractivity contribution in [1.29, 1.82) is 0 Å². The predicted molar refractivity (Wildman–Crippen MR) is 56.1 cm³/mol. The summed E-state index contributed by atoms with van der Waals surface area (Å²) in [6, 6.07) is 4.25. The van der Waals surface area contributed by atoms with E-state index in [9.17, 15) is 14.9 Å². The number of benzene rings is 1. The molecule has 0 fully saturated rings. The highest BCUT2D eigenvalue weighted by Gasteiger charge is 2.22. The van der Waals surface area contributed by atoms with E-state index < -0.39 is 10.8 Å². The smallest absolute Gasteiger partial charge is 0.300 e. The van der Waals surface area contributed by atoms with Gasteiger partial charge in [0.05, 0.1) is 4.92 Å². The Morgan fingerprint density at radius 3 is 2.80 bits per heavy atom. The third-order valence-electron chi connectivity index (χ3n) is 1.75. The zero-order valence-corrected chi connectivity index (χ0v) is 8.75. The number of amides is 1. The van der Waals surface area contributed by atoms with Gasteiger partial charge in [-0.15, -0.1) is 0 Å². The lowest BCUT2D eigenvalue weighted by atomic mass is 10.1. The first-order valence-corrected chi connectivity index (χ1v) is 4.66. The van der Waals surface area contributed by atoms with Crippen LogP contribution < -0.4 is 5.32 Å². The summed E-state index contributed by atoms with van der Waals surface area (Å²) in [6.07, 6.45) is 0. The molecular formula is C9H9ClN2O3. The van der Waals surface area contributed by atoms with E-state index in [-0.39, 0.29) is 16.3 Å². The predicted octanol–water partition coefficient (Wildman–Crippen LogP) is 2.00. The topological polar surface area (TPSA) is 72.2 Å². The fourth-order valence-corrected chi connectivity index (χ4v) is 1.38. The largest absolute Gasteiger partial charge is 0.352 e. The fourth-order valence-electron chi connectivity index (χ4n) is 1.14. The number of halogens is 1. The van der Waals surface area contributed by atoms with Crippen LogP contribution in [0.3, 0.4) is 0 Å². The molecule has 6 heteroatoms. The Labute approximate surface area is 91.2 Å². The third-order valence-corrected chi connectivity index (χ3v) is 2.06. The maximum Gasteiger partial charge on any atom is 0.300 e. The first kappa shape index (κ1) is 11.5. The van der Waals surface area contributed by atoms with Gasteiger partial charge in [0.25, 0.3) is 5.91 Å². The molecule has 1 rings (SSSR count). The lowest BCUT2D eigenvalue weighted by molar-refractivity contribution is -0.385. The second-order valence-corrected chi connectivity index (χ2v) is 3.16. The number of rotatable bonds is 3. The highest BCUT2D eigenvalue weighted by atomic mass is 35.5. The Bertz CT molecular complexity index is 406. The summed E-state index contributed by atoms with van der Waals surface area (Å²) in [5, 5.41) is 13.1. The van der Waals surface area contributed by atoms with Crippen LogP contribution in [0.4, 0.5) is 5.69 Å². The number of nitrogens with zero attached hydrogens (tertiary/aromatic N) is 1. The first-order valence-electron chi connectivity index (χ1n) is 4.29. The van der Waals surface area contributed by atoms with Gasteiger partial charge in [-0.1, -0.05) is 17.7 Å². The van der Waals surface area contributed by atoms with E-state index in [2.05, 4.69) is 5.32 Å². The van der Waals surface area contributed by atoms with Crippen molar-refractivity contribution < 1.29 is 9.72 Å². The molecule has 5 nitrogen and oxygen atoms in total. The number of nitrogens with one attached hydrogen (secondary N) is 1. The Morgan fingerprint density at radius 2 is 2.27 bits per heavy atom. The Morgan fingerprint density at radius 1 is 1.60 bits per heavy atom. The molecule has 1 aromatic carbocycles. The second kappa shape index (κ2) is 4.75. The van der Waals surface area contributed by atoms with Gasteiger partial charge in [0.1, 0.15) is 10.6 Å². The van der Waals surface area contributed by atoms with Crippen LogP contribution in [-0.2, 0) is 0 Å². The minimum atomic E-state index is -0.660. The van der Waals surface area contributed by atoms with Crippen molar-refractivity contribution in [2.24, 2.45) is 0 Å². The quantitative estimate of drug-likeness (QED) is 0.635. The molecule has 0 unspecified atom stereocenters. The summed E-state index contributed by atoms with van der Waals surface area (Å²) in [5.41, 5.74) is -0.375. The first-order chi connectivity index (χ1) is 7.07. The van der Waals surface area contributed by atoms with E-state index in [1.807, 2.05) is 0 Å². The van der Waals surface area contributed by atoms with Crippen LogP contribution in [0.25, 0.3) is 0 Å². The minimum Gasteiger partial charge on any atom is -0.352 e. The number of hydrogen-bond acceptors (Lipinski definition) is 3. The Hall–Kier alpha value is -1.62. The average molecular weight is 229 g/mol. The van der Waals surface area contributed by atoms with Gasteiger partial charge in [-0.05, 0) is 19.1 Å². The Kier molecular flexibility index (Phi) is 3.62. The number of carbonyl (C=O) groups excluding carboxylic acids is 1. The lowest BCUT2D eigenvalue weighted by Gasteiger charge is -2.03. The summed E-state index contributed by atoms with van der Waals surface area (Å²) in [5.74, 6) is -0.494. The molecule has 0 atom stereocenters. The van der Waals surface area contributed by atoms with Gasteiger partial charge in [0.2, 0.25) is 0 Å². The van der Waals surface area contributed by atoms with Gasteiger partial charge in [-0.25, -0.2) is 0 Å². The van der Waals surface area contributed by atoms with Crippen molar-refractivity contribution in [1.82, 2.24) is 5.32 Å². The molecule has 0 aromatic heterocycles. The van der Waals surface area contributed by atoms with E-state index in [4.69, 9.17) is 11.6 Å². The molecule has 1 N–H and O–H groups in total. The SMILES string of the molecule is CCNC(=O)c1cccc(Cl)c1[N+](=O)[O-]. The van der Waals surface area contributed by atoms with Crippen LogP contribution in [0, 0.1) is 10.1 Å². The number of hydrogen-bond donors (Lipinski definition) is 1. The molecule has 0 heterocycles. The zero-order chi connectivity index (χ0) is 11.4. The van der Waals surface area contributed by atoms with Gasteiger partial charge < -0.3 is 5.32 Å². The van der Waals surface area contributed by atoms with E-state index in [0.717, 1.165) is 0 Å². The molecule has 0 aliphatic rings. The monoisotopic (exact) mass is 228 g/mol. The summed E-state index contributed by atoms with van der Waals surface area (Å²) in [6.45, 7) is 2.14. The average Bonchev–Trinajstić information content (AvgIpc) is 2.17. The van der Waals surface area contributed by atoms with Gasteiger partial charge in [-0.3, -0.25) is 14.9 Å². The fraction of sp³-hybridized carbons (Fsp3) is 0.222. The van der Waals surface area contributed by atoms with Crippen molar-refractivity contribution >= 4 is 23.2 Å². The molecule has 0 aliphatic carbocycles. The van der Waals surface area contributed by atoms with Crippen LogP contribution in [-0.4, -0.2) is 17.4 Å². The van der Waals surface area contributed by atoms with Crippen molar-refractivity contribution in [3.8, 4) is 0 Å². The minimum absolute atomic E-state index is 0.0191. The van der Waals surface area contributed by atoms with Crippen LogP contribution in [0.2, 0.25) is 5.02 Å². The van der Waals surface area contributed by atoms with Crippen molar-refractivity contribution in [2.75, 3.05) is 6.54 Å². The maximum atomic E-state index is 11.4. The molecule has 0 bridgehead atoms. The molecule has 0 radical (unpaired) electrons. The zero-order valence-electron chi connectivity index (χ0n) is 7.99. The second-order valence-electron chi connectivity index (χ2n) is 2.75. The highest BCUT2D eigenvalue weighted by Crippen LogP contribution is 2.27. The van der Waals surface area contributed by atoms with Gasteiger partial charge >= 0.3 is 5.69 Å². The molecule has 1 amide bonds. The van der Waals surface area contributed by atoms with Crippen LogP contribution in [0.15, 0.2) is 18.2 Å². The van der Waals surface area contributed by atoms with Crippen molar-refractivity contribution in [3.05, 3.63) is 38.9 Å². The normalized spacial score (nSPS) is 9.73. The summed E-state index contributed by atoms with van der Waals surface area (Å²) in [7, 11) is 0. The lowest BCUT2D eigenvalue weighted by Crippen LogP contribution is -2.23. The highest BCUT2D eigenvalue weighted by molar-refractivity contribution is 6.33. The number of nitro benzene ring substituents is 1. The molecule has 0 aliphatic heterocycles. The van der Waals surface area contributed by atoms with Crippen molar-refractivity contribution in [3.63, 3.8) is 0 Å². The number of nitro groups is 1. The molecule has 0 spiro atoms. The van der Waals surface area contributed by atoms with Crippen LogP contribution in [0.5, 0.6) is 0 Å². The number of carbonyl (C=O) groups is 1. The standard InChI is InChI=1S/C9H9ClN2O3/c1-2-11-9(13)6-4-3-5-7(10)8(6)12(14)15/h3-5H,2H2,1H3,(H,11,13). The van der Waals surface area contributed by atoms with Crippen molar-refractivity contribution in [2.45, 2.75) is 6.92 Å². The van der Waals surface area contributed by atoms with Gasteiger partial charge in [-0.2, -0.15) is 0 Å². The summed E-state index contributed by atoms with van der Waals surface area (Å²) >= 11 is 5.65. The molecule has 0 saturated carbocycles. The Balaban J connectivity index is 3.23. The van der Waals surface area contributed by atoms with Crippen LogP contribution in [0.1, 0.15) is 17.3 Å². The van der Waals surface area contributed by atoms with Crippen LogP contribution >= 0.6 is 11.6 Å². The van der Waals surface area contributed by atoms with E-state index in [1.165, 1.54) is 18.2 Å². The number of para-hydroxylation sites is 1. The van der Waals surface area contributed by atoms with E-state index >= 15 is 0 Å². The van der Waals surface area contributed by atoms with E-state index in [1.54, 1.807) is 6.92 Å². The van der Waals surface area contributed by atoms with Gasteiger partial charge in [0, 0.05) is 6.54 Å². The summed E-state index contributed by atoms with van der Waals surface area (Å²) in [4.78, 5) is 21.5. The molecular weight excluding hydrogens is 220 g/mol. The summed E-state index contributed by atoms with van der Waals surface area (Å²) < 4.78 is 0. The molecule has 0 saturated heterocycles. The maximum absolute atomic E-state index is 11.4. The third kappa shape index (κ3) is 2.44.